The van der Waals surface area contributed by atoms with Crippen molar-refractivity contribution in [1.29, 1.82) is 0 Å². The lowest BCUT2D eigenvalue weighted by Crippen LogP contribution is -2.11. The molecule has 88 valence electrons. The molecule has 0 aliphatic heterocycles. The third-order valence-corrected chi connectivity index (χ3v) is 2.18. The normalized spacial score (nSPS) is 9.18. The van der Waals surface area contributed by atoms with Gasteiger partial charge >= 0.3 is 0 Å². The molecule has 4 heteroatoms. The molecule has 0 unspecified atom stereocenters. The van der Waals surface area contributed by atoms with E-state index in [-0.39, 0.29) is 29.6 Å². The van der Waals surface area contributed by atoms with Gasteiger partial charge in [0.15, 0.2) is 0 Å². The Morgan fingerprint density at radius 1 is 0.941 bits per heavy atom. The SMILES string of the molecule is Cl.O=C(Nc1ccccc1)c1ccccc1O. The summed E-state index contributed by atoms with van der Waals surface area (Å²) in [5.74, 6) is -0.333. The second-order valence-electron chi connectivity index (χ2n) is 3.34. The number of phenolic OH excluding ortho intramolecular Hbond substituents is 1. The van der Waals surface area contributed by atoms with Crippen LogP contribution in [0, 0.1) is 0 Å². The zero-order valence-electron chi connectivity index (χ0n) is 8.96. The number of carbonyl (C=O) groups excluding carboxylic acids is 1. The van der Waals surface area contributed by atoms with Crippen LogP contribution in [0.2, 0.25) is 0 Å². The van der Waals surface area contributed by atoms with Crippen LogP contribution in [-0.4, -0.2) is 11.0 Å². The van der Waals surface area contributed by atoms with Crippen LogP contribution in [0.5, 0.6) is 5.75 Å². The first-order valence-corrected chi connectivity index (χ1v) is 4.92. The van der Waals surface area contributed by atoms with E-state index in [1.165, 1.54) is 6.07 Å². The predicted molar refractivity (Wildman–Crippen MR) is 69.8 cm³/mol. The lowest BCUT2D eigenvalue weighted by Gasteiger charge is -2.05. The predicted octanol–water partition coefficient (Wildman–Crippen LogP) is 3.07. The van der Waals surface area contributed by atoms with Gasteiger partial charge < -0.3 is 10.4 Å². The van der Waals surface area contributed by atoms with Crippen LogP contribution in [0.15, 0.2) is 54.6 Å². The van der Waals surface area contributed by atoms with Crippen LogP contribution in [-0.2, 0) is 0 Å². The van der Waals surface area contributed by atoms with E-state index in [0.29, 0.717) is 5.69 Å². The second kappa shape index (κ2) is 5.92. The number of anilines is 1. The lowest BCUT2D eigenvalue weighted by atomic mass is 10.2. The van der Waals surface area contributed by atoms with Crippen molar-refractivity contribution in [1.82, 2.24) is 0 Å². The minimum atomic E-state index is -0.315. The number of para-hydroxylation sites is 2. The molecule has 0 saturated carbocycles. The maximum Gasteiger partial charge on any atom is 0.259 e. The molecule has 2 N–H and O–H groups in total. The van der Waals surface area contributed by atoms with Crippen molar-refractivity contribution in [2.45, 2.75) is 0 Å². The number of halogens is 1. The van der Waals surface area contributed by atoms with E-state index < -0.39 is 0 Å². The van der Waals surface area contributed by atoms with E-state index >= 15 is 0 Å². The van der Waals surface area contributed by atoms with Crippen molar-refractivity contribution in [2.75, 3.05) is 5.32 Å². The first kappa shape index (κ1) is 13.1. The largest absolute Gasteiger partial charge is 0.507 e. The summed E-state index contributed by atoms with van der Waals surface area (Å²) in [5, 5.41) is 12.2. The molecule has 0 saturated heterocycles. The van der Waals surface area contributed by atoms with Gasteiger partial charge in [0.25, 0.3) is 5.91 Å². The maximum absolute atomic E-state index is 11.8. The topological polar surface area (TPSA) is 49.3 Å². The van der Waals surface area contributed by atoms with E-state index in [9.17, 15) is 9.90 Å². The van der Waals surface area contributed by atoms with Gasteiger partial charge in [-0.25, -0.2) is 0 Å². The third kappa shape index (κ3) is 3.23. The molecule has 0 fully saturated rings. The number of aromatic hydroxyl groups is 1. The molecule has 0 atom stereocenters. The van der Waals surface area contributed by atoms with E-state index in [0.717, 1.165) is 0 Å². The Labute approximate surface area is 106 Å². The third-order valence-electron chi connectivity index (χ3n) is 2.18. The highest BCUT2D eigenvalue weighted by atomic mass is 35.5. The Kier molecular flexibility index (Phi) is 4.55. The fourth-order valence-electron chi connectivity index (χ4n) is 1.39. The summed E-state index contributed by atoms with van der Waals surface area (Å²) in [5.41, 5.74) is 0.974. The van der Waals surface area contributed by atoms with Gasteiger partial charge in [-0.15, -0.1) is 12.4 Å². The molecule has 2 aromatic rings. The Hall–Kier alpha value is -2.00. The van der Waals surface area contributed by atoms with E-state index in [1.54, 1.807) is 30.3 Å². The van der Waals surface area contributed by atoms with Crippen molar-refractivity contribution >= 4 is 24.0 Å². The van der Waals surface area contributed by atoms with E-state index in [4.69, 9.17) is 0 Å². The summed E-state index contributed by atoms with van der Waals surface area (Å²) in [6, 6.07) is 15.6. The molecule has 0 aromatic heterocycles. The highest BCUT2D eigenvalue weighted by Gasteiger charge is 2.09. The van der Waals surface area contributed by atoms with Crippen molar-refractivity contribution in [3.05, 3.63) is 60.2 Å². The van der Waals surface area contributed by atoms with Gasteiger partial charge in [0.1, 0.15) is 5.75 Å². The molecule has 0 bridgehead atoms. The highest BCUT2D eigenvalue weighted by Crippen LogP contribution is 2.17. The monoisotopic (exact) mass is 249 g/mol. The first-order valence-electron chi connectivity index (χ1n) is 4.92. The average molecular weight is 250 g/mol. The number of hydrogen-bond donors (Lipinski definition) is 2. The molecule has 2 aromatic carbocycles. The minimum absolute atomic E-state index is 0. The van der Waals surface area contributed by atoms with Gasteiger partial charge in [0.2, 0.25) is 0 Å². The van der Waals surface area contributed by atoms with Gasteiger partial charge in [-0.3, -0.25) is 4.79 Å². The van der Waals surface area contributed by atoms with Crippen molar-refractivity contribution in [2.24, 2.45) is 0 Å². The fraction of sp³-hybridized carbons (Fsp3) is 0. The van der Waals surface area contributed by atoms with Crippen LogP contribution in [0.25, 0.3) is 0 Å². The molecule has 0 heterocycles. The van der Waals surface area contributed by atoms with Gasteiger partial charge in [-0.1, -0.05) is 30.3 Å². The first-order chi connectivity index (χ1) is 7.77. The van der Waals surface area contributed by atoms with Crippen LogP contribution in [0.1, 0.15) is 10.4 Å². The van der Waals surface area contributed by atoms with Crippen LogP contribution < -0.4 is 5.32 Å². The molecule has 0 aliphatic rings. The number of hydrogen-bond acceptors (Lipinski definition) is 2. The zero-order valence-corrected chi connectivity index (χ0v) is 9.78. The van der Waals surface area contributed by atoms with Crippen LogP contribution in [0.4, 0.5) is 5.69 Å². The summed E-state index contributed by atoms with van der Waals surface area (Å²) in [6.07, 6.45) is 0. The smallest absolute Gasteiger partial charge is 0.259 e. The molecular weight excluding hydrogens is 238 g/mol. The average Bonchev–Trinajstić information content (AvgIpc) is 2.31. The zero-order chi connectivity index (χ0) is 11.4. The summed E-state index contributed by atoms with van der Waals surface area (Å²) in [7, 11) is 0. The molecule has 3 nitrogen and oxygen atoms in total. The quantitative estimate of drug-likeness (QED) is 0.859. The van der Waals surface area contributed by atoms with Crippen molar-refractivity contribution in [3.63, 3.8) is 0 Å². The molecule has 0 radical (unpaired) electrons. The number of rotatable bonds is 2. The van der Waals surface area contributed by atoms with Crippen LogP contribution >= 0.6 is 12.4 Å². The Morgan fingerprint density at radius 2 is 1.53 bits per heavy atom. The molecule has 0 spiro atoms. The number of nitrogens with one attached hydrogen (secondary N) is 1. The van der Waals surface area contributed by atoms with Gasteiger partial charge in [0, 0.05) is 5.69 Å². The van der Waals surface area contributed by atoms with E-state index in [1.807, 2.05) is 18.2 Å². The van der Waals surface area contributed by atoms with E-state index in [2.05, 4.69) is 5.32 Å². The molecular formula is C13H12ClNO2. The fourth-order valence-corrected chi connectivity index (χ4v) is 1.39. The molecule has 2 rings (SSSR count). The lowest BCUT2D eigenvalue weighted by molar-refractivity contribution is 0.102. The number of carbonyl (C=O) groups is 1. The summed E-state index contributed by atoms with van der Waals surface area (Å²) < 4.78 is 0. The van der Waals surface area contributed by atoms with Crippen LogP contribution in [0.3, 0.4) is 0 Å². The van der Waals surface area contributed by atoms with Crippen molar-refractivity contribution < 1.29 is 9.90 Å². The number of amides is 1. The molecule has 0 aliphatic carbocycles. The van der Waals surface area contributed by atoms with Crippen molar-refractivity contribution in [3.8, 4) is 5.75 Å². The minimum Gasteiger partial charge on any atom is -0.507 e. The summed E-state index contributed by atoms with van der Waals surface area (Å²) in [6.45, 7) is 0. The Bertz CT molecular complexity index is 500. The molecule has 17 heavy (non-hydrogen) atoms. The molecule has 1 amide bonds. The number of benzene rings is 2. The standard InChI is InChI=1S/C13H11NO2.ClH/c15-12-9-5-4-8-11(12)13(16)14-10-6-2-1-3-7-10;/h1-9,15H,(H,14,16);1H. The summed E-state index contributed by atoms with van der Waals surface area (Å²) in [4.78, 5) is 11.8. The number of phenols is 1. The Balaban J connectivity index is 0.00000144. The highest BCUT2D eigenvalue weighted by molar-refractivity contribution is 6.06. The maximum atomic E-state index is 11.8. The van der Waals surface area contributed by atoms with Gasteiger partial charge in [0.05, 0.1) is 5.56 Å². The second-order valence-corrected chi connectivity index (χ2v) is 3.34. The summed E-state index contributed by atoms with van der Waals surface area (Å²) >= 11 is 0. The Morgan fingerprint density at radius 3 is 2.18 bits per heavy atom. The van der Waals surface area contributed by atoms with Gasteiger partial charge in [-0.05, 0) is 24.3 Å². The van der Waals surface area contributed by atoms with Gasteiger partial charge in [-0.2, -0.15) is 0 Å².